The van der Waals surface area contributed by atoms with Gasteiger partial charge in [-0.3, -0.25) is 0 Å². The summed E-state index contributed by atoms with van der Waals surface area (Å²) in [5.74, 6) is 0. The van der Waals surface area contributed by atoms with E-state index in [1.807, 2.05) is 0 Å². The van der Waals surface area contributed by atoms with E-state index in [9.17, 15) is 0 Å². The molecule has 0 amide bonds. The maximum Gasteiger partial charge on any atom is 0.0468 e. The van der Waals surface area contributed by atoms with Gasteiger partial charge in [-0.1, -0.05) is 147 Å². The minimum Gasteiger partial charge on any atom is -0.310 e. The maximum atomic E-state index is 2.44. The molecular formula is C55H42N2. The van der Waals surface area contributed by atoms with Crippen molar-refractivity contribution in [1.29, 1.82) is 0 Å². The van der Waals surface area contributed by atoms with E-state index < -0.39 is 0 Å². The summed E-state index contributed by atoms with van der Waals surface area (Å²) in [6.45, 7) is 4.76. The zero-order valence-electron chi connectivity index (χ0n) is 32.2. The van der Waals surface area contributed by atoms with Crippen molar-refractivity contribution in [2.24, 2.45) is 0 Å². The van der Waals surface area contributed by atoms with Crippen molar-refractivity contribution in [3.63, 3.8) is 0 Å². The van der Waals surface area contributed by atoms with Crippen LogP contribution in [0.2, 0.25) is 0 Å². The second-order valence-electron chi connectivity index (χ2n) is 15.5. The number of anilines is 6. The summed E-state index contributed by atoms with van der Waals surface area (Å²) in [4.78, 5) is 4.74. The van der Waals surface area contributed by atoms with Gasteiger partial charge >= 0.3 is 0 Å². The largest absolute Gasteiger partial charge is 0.310 e. The van der Waals surface area contributed by atoms with Crippen LogP contribution in [0.15, 0.2) is 218 Å². The van der Waals surface area contributed by atoms with Crippen LogP contribution in [0.25, 0.3) is 44.2 Å². The molecule has 57 heavy (non-hydrogen) atoms. The van der Waals surface area contributed by atoms with E-state index in [0.717, 1.165) is 34.1 Å². The molecule has 0 fully saturated rings. The first-order valence-corrected chi connectivity index (χ1v) is 19.8. The Morgan fingerprint density at radius 3 is 1.18 bits per heavy atom. The van der Waals surface area contributed by atoms with Crippen molar-refractivity contribution in [2.45, 2.75) is 19.3 Å². The number of benzene rings is 9. The molecule has 272 valence electrons. The molecule has 2 nitrogen and oxygen atoms in total. The second-order valence-corrected chi connectivity index (χ2v) is 15.5. The Morgan fingerprint density at radius 2 is 0.667 bits per heavy atom. The van der Waals surface area contributed by atoms with Gasteiger partial charge in [0, 0.05) is 39.5 Å². The summed E-state index contributed by atoms with van der Waals surface area (Å²) in [5, 5.41) is 2.47. The molecule has 1 aliphatic carbocycles. The zero-order chi connectivity index (χ0) is 38.3. The van der Waals surface area contributed by atoms with Crippen LogP contribution in [-0.4, -0.2) is 0 Å². The Hall–Kier alpha value is -7.16. The Bertz CT molecular complexity index is 2830. The topological polar surface area (TPSA) is 6.48 Å². The lowest BCUT2D eigenvalue weighted by molar-refractivity contribution is 0.661. The van der Waals surface area contributed by atoms with Gasteiger partial charge in [0.05, 0.1) is 0 Å². The lowest BCUT2D eigenvalue weighted by Gasteiger charge is -2.28. The number of hydrogen-bond acceptors (Lipinski definition) is 2. The summed E-state index contributed by atoms with van der Waals surface area (Å²) < 4.78 is 0. The molecule has 0 spiro atoms. The van der Waals surface area contributed by atoms with Gasteiger partial charge in [0.1, 0.15) is 0 Å². The van der Waals surface area contributed by atoms with Crippen LogP contribution in [0.3, 0.4) is 0 Å². The van der Waals surface area contributed by atoms with Gasteiger partial charge in [0.25, 0.3) is 0 Å². The molecule has 0 aromatic heterocycles. The van der Waals surface area contributed by atoms with Crippen molar-refractivity contribution in [3.05, 3.63) is 230 Å². The van der Waals surface area contributed by atoms with Crippen LogP contribution in [0.5, 0.6) is 0 Å². The Labute approximate surface area is 335 Å². The van der Waals surface area contributed by atoms with Gasteiger partial charge in [-0.25, -0.2) is 0 Å². The van der Waals surface area contributed by atoms with Gasteiger partial charge in [-0.15, -0.1) is 0 Å². The average molecular weight is 731 g/mol. The van der Waals surface area contributed by atoms with Crippen molar-refractivity contribution in [2.75, 3.05) is 9.80 Å². The SMILES string of the molecule is CC1(C)c2cc(N(c3ccccc3)c3ccc(-c4ccccc4)cc3)ccc2-c2cc3ccc(N(c4ccccc4)c4ccc(-c5ccccc5)cc4)cc3cc21. The van der Waals surface area contributed by atoms with Crippen molar-refractivity contribution in [3.8, 4) is 33.4 Å². The summed E-state index contributed by atoms with van der Waals surface area (Å²) in [5.41, 5.74) is 16.8. The molecule has 0 aliphatic heterocycles. The highest BCUT2D eigenvalue weighted by molar-refractivity contribution is 5.97. The smallest absolute Gasteiger partial charge is 0.0468 e. The van der Waals surface area contributed by atoms with Crippen molar-refractivity contribution < 1.29 is 0 Å². The number of fused-ring (bicyclic) bond motifs is 4. The second kappa shape index (κ2) is 14.2. The fourth-order valence-electron chi connectivity index (χ4n) is 8.65. The van der Waals surface area contributed by atoms with Crippen LogP contribution in [0.1, 0.15) is 25.0 Å². The summed E-state index contributed by atoms with van der Waals surface area (Å²) in [6, 6.07) is 79.2. The molecule has 10 rings (SSSR count). The van der Waals surface area contributed by atoms with Crippen molar-refractivity contribution in [1.82, 2.24) is 0 Å². The zero-order valence-corrected chi connectivity index (χ0v) is 32.2. The standard InChI is InChI=1S/C55H42N2/c1-55(2)53-37-44-35-49(56(45-19-11-5-12-20-45)47-28-23-41(24-29-47)39-15-7-3-8-16-39)32-27-43(44)36-52(53)51-34-33-50(38-54(51)55)57(46-21-13-6-14-22-46)48-30-25-42(26-31-48)40-17-9-4-10-18-40/h3-38H,1-2H3. The van der Waals surface area contributed by atoms with Gasteiger partial charge < -0.3 is 9.80 Å². The first-order valence-electron chi connectivity index (χ1n) is 19.8. The molecular weight excluding hydrogens is 689 g/mol. The molecule has 0 saturated carbocycles. The highest BCUT2D eigenvalue weighted by Gasteiger charge is 2.36. The van der Waals surface area contributed by atoms with E-state index in [0.29, 0.717) is 0 Å². The molecule has 0 saturated heterocycles. The summed E-state index contributed by atoms with van der Waals surface area (Å²) in [6.07, 6.45) is 0. The third-order valence-electron chi connectivity index (χ3n) is 11.6. The lowest BCUT2D eigenvalue weighted by Crippen LogP contribution is -2.16. The first kappa shape index (κ1) is 34.3. The van der Waals surface area contributed by atoms with E-state index in [4.69, 9.17) is 0 Å². The van der Waals surface area contributed by atoms with Gasteiger partial charge in [-0.05, 0) is 140 Å². The van der Waals surface area contributed by atoms with Gasteiger partial charge in [-0.2, -0.15) is 0 Å². The average Bonchev–Trinajstić information content (AvgIpc) is 3.49. The minimum absolute atomic E-state index is 0.198. The molecule has 0 bridgehead atoms. The number of nitrogens with zero attached hydrogens (tertiary/aromatic N) is 2. The molecule has 9 aromatic rings. The fraction of sp³-hybridized carbons (Fsp3) is 0.0545. The highest BCUT2D eigenvalue weighted by atomic mass is 15.1. The van der Waals surface area contributed by atoms with E-state index >= 15 is 0 Å². The van der Waals surface area contributed by atoms with Gasteiger partial charge in [0.2, 0.25) is 0 Å². The monoisotopic (exact) mass is 730 g/mol. The van der Waals surface area contributed by atoms with Crippen LogP contribution in [0, 0.1) is 0 Å². The predicted octanol–water partition coefficient (Wildman–Crippen LogP) is 15.4. The van der Waals surface area contributed by atoms with Crippen LogP contribution < -0.4 is 9.80 Å². The maximum absolute atomic E-state index is 2.44. The van der Waals surface area contributed by atoms with E-state index in [2.05, 4.69) is 242 Å². The molecule has 0 radical (unpaired) electrons. The fourth-order valence-corrected chi connectivity index (χ4v) is 8.65. The van der Waals surface area contributed by atoms with Crippen molar-refractivity contribution >= 4 is 44.9 Å². The van der Waals surface area contributed by atoms with Crippen LogP contribution >= 0.6 is 0 Å². The highest BCUT2D eigenvalue weighted by Crippen LogP contribution is 2.52. The number of rotatable bonds is 8. The van der Waals surface area contributed by atoms with Crippen LogP contribution in [-0.2, 0) is 5.41 Å². The van der Waals surface area contributed by atoms with E-state index in [1.54, 1.807) is 0 Å². The summed E-state index contributed by atoms with van der Waals surface area (Å²) >= 11 is 0. The first-order chi connectivity index (χ1) is 28.0. The predicted molar refractivity (Wildman–Crippen MR) is 242 cm³/mol. The third kappa shape index (κ3) is 6.26. The van der Waals surface area contributed by atoms with Gasteiger partial charge in [0.15, 0.2) is 0 Å². The Kier molecular flexibility index (Phi) is 8.53. The molecule has 0 unspecified atom stereocenters. The van der Waals surface area contributed by atoms with E-state index in [-0.39, 0.29) is 5.41 Å². The normalized spacial score (nSPS) is 12.5. The molecule has 0 heterocycles. The number of hydrogen-bond donors (Lipinski definition) is 0. The molecule has 0 N–H and O–H groups in total. The van der Waals surface area contributed by atoms with E-state index in [1.165, 1.54) is 55.3 Å². The molecule has 0 atom stereocenters. The Morgan fingerprint density at radius 1 is 0.281 bits per heavy atom. The third-order valence-corrected chi connectivity index (χ3v) is 11.6. The van der Waals surface area contributed by atoms with Crippen LogP contribution in [0.4, 0.5) is 34.1 Å². The lowest BCUT2D eigenvalue weighted by atomic mass is 9.81. The molecule has 9 aromatic carbocycles. The number of para-hydroxylation sites is 2. The Balaban J connectivity index is 1.03. The molecule has 2 heteroatoms. The summed E-state index contributed by atoms with van der Waals surface area (Å²) in [7, 11) is 0. The molecule has 1 aliphatic rings. The minimum atomic E-state index is -0.198. The quantitative estimate of drug-likeness (QED) is 0.154.